The SMILES string of the molecule is Cc1ccccc1S(=O)(=O)N1CCNCC12CCCCC2. The minimum atomic E-state index is -3.41. The Morgan fingerprint density at radius 3 is 2.57 bits per heavy atom. The fraction of sp³-hybridized carbons (Fsp3) is 0.625. The highest BCUT2D eigenvalue weighted by molar-refractivity contribution is 7.89. The van der Waals surface area contributed by atoms with Gasteiger partial charge in [-0.3, -0.25) is 0 Å². The Morgan fingerprint density at radius 2 is 1.86 bits per heavy atom. The van der Waals surface area contributed by atoms with Gasteiger partial charge in [0.25, 0.3) is 0 Å². The predicted molar refractivity (Wildman–Crippen MR) is 83.8 cm³/mol. The summed E-state index contributed by atoms with van der Waals surface area (Å²) in [6, 6.07) is 7.32. The lowest BCUT2D eigenvalue weighted by molar-refractivity contribution is 0.101. The largest absolute Gasteiger partial charge is 0.314 e. The van der Waals surface area contributed by atoms with E-state index < -0.39 is 10.0 Å². The van der Waals surface area contributed by atoms with Crippen molar-refractivity contribution >= 4 is 10.0 Å². The third-order valence-corrected chi connectivity index (χ3v) is 7.08. The van der Waals surface area contributed by atoms with E-state index in [0.717, 1.165) is 44.3 Å². The highest BCUT2D eigenvalue weighted by Crippen LogP contribution is 2.38. The molecule has 0 amide bonds. The van der Waals surface area contributed by atoms with E-state index in [1.54, 1.807) is 10.4 Å². The van der Waals surface area contributed by atoms with Crippen LogP contribution in [0.2, 0.25) is 0 Å². The molecule has 116 valence electrons. The van der Waals surface area contributed by atoms with E-state index in [-0.39, 0.29) is 5.54 Å². The average Bonchev–Trinajstić information content (AvgIpc) is 2.48. The number of nitrogens with zero attached hydrogens (tertiary/aromatic N) is 1. The van der Waals surface area contributed by atoms with Crippen LogP contribution < -0.4 is 5.32 Å². The number of aryl methyl sites for hydroxylation is 1. The number of hydrogen-bond donors (Lipinski definition) is 1. The van der Waals surface area contributed by atoms with Gasteiger partial charge in [-0.1, -0.05) is 37.5 Å². The lowest BCUT2D eigenvalue weighted by Crippen LogP contribution is -2.63. The van der Waals surface area contributed by atoms with Crippen LogP contribution in [-0.2, 0) is 10.0 Å². The lowest BCUT2D eigenvalue weighted by Gasteiger charge is -2.48. The average molecular weight is 308 g/mol. The number of rotatable bonds is 2. The Morgan fingerprint density at radius 1 is 1.14 bits per heavy atom. The van der Waals surface area contributed by atoms with E-state index >= 15 is 0 Å². The van der Waals surface area contributed by atoms with Crippen molar-refractivity contribution in [1.29, 1.82) is 0 Å². The van der Waals surface area contributed by atoms with Crippen molar-refractivity contribution in [2.45, 2.75) is 49.5 Å². The van der Waals surface area contributed by atoms with Gasteiger partial charge in [-0.15, -0.1) is 0 Å². The van der Waals surface area contributed by atoms with Gasteiger partial charge in [0.05, 0.1) is 4.90 Å². The van der Waals surface area contributed by atoms with Crippen LogP contribution in [0, 0.1) is 6.92 Å². The molecule has 1 N–H and O–H groups in total. The normalized spacial score (nSPS) is 23.3. The van der Waals surface area contributed by atoms with Crippen molar-refractivity contribution in [1.82, 2.24) is 9.62 Å². The molecule has 1 aliphatic heterocycles. The summed E-state index contributed by atoms with van der Waals surface area (Å²) in [6.45, 7) is 3.99. The van der Waals surface area contributed by atoms with Crippen LogP contribution in [0.15, 0.2) is 29.2 Å². The van der Waals surface area contributed by atoms with Crippen molar-refractivity contribution < 1.29 is 8.42 Å². The Kier molecular flexibility index (Phi) is 4.08. The van der Waals surface area contributed by atoms with Gasteiger partial charge in [-0.2, -0.15) is 4.31 Å². The standard InChI is InChI=1S/C16H24N2O2S/c1-14-7-3-4-8-15(14)21(19,20)18-12-11-17-13-16(18)9-5-2-6-10-16/h3-4,7-8,17H,2,5-6,9-13H2,1H3. The fourth-order valence-electron chi connectivity index (χ4n) is 3.80. The van der Waals surface area contributed by atoms with Crippen LogP contribution in [0.25, 0.3) is 0 Å². The quantitative estimate of drug-likeness (QED) is 0.912. The van der Waals surface area contributed by atoms with Crippen LogP contribution in [0.4, 0.5) is 0 Å². The molecule has 1 aromatic rings. The van der Waals surface area contributed by atoms with Crippen molar-refractivity contribution in [3.63, 3.8) is 0 Å². The highest BCUT2D eigenvalue weighted by Gasteiger charge is 2.46. The second-order valence-electron chi connectivity index (χ2n) is 6.30. The van der Waals surface area contributed by atoms with Gasteiger partial charge < -0.3 is 5.32 Å². The molecule has 5 heteroatoms. The molecule has 2 aliphatic rings. The molecule has 1 saturated carbocycles. The third kappa shape index (κ3) is 2.62. The molecule has 0 unspecified atom stereocenters. The van der Waals surface area contributed by atoms with Crippen LogP contribution in [0.5, 0.6) is 0 Å². The second kappa shape index (κ2) is 5.71. The Hall–Kier alpha value is -0.910. The molecule has 1 saturated heterocycles. The van der Waals surface area contributed by atoms with E-state index in [1.165, 1.54) is 6.42 Å². The van der Waals surface area contributed by atoms with E-state index in [4.69, 9.17) is 0 Å². The molecule has 0 radical (unpaired) electrons. The van der Waals surface area contributed by atoms with Gasteiger partial charge in [0.1, 0.15) is 0 Å². The maximum Gasteiger partial charge on any atom is 0.243 e. The maximum atomic E-state index is 13.2. The molecule has 0 aromatic heterocycles. The molecule has 3 rings (SSSR count). The zero-order valence-corrected chi connectivity index (χ0v) is 13.5. The topological polar surface area (TPSA) is 49.4 Å². The summed E-state index contributed by atoms with van der Waals surface area (Å²) in [6.07, 6.45) is 5.43. The highest BCUT2D eigenvalue weighted by atomic mass is 32.2. The summed E-state index contributed by atoms with van der Waals surface area (Å²) >= 11 is 0. The summed E-state index contributed by atoms with van der Waals surface area (Å²) in [5.74, 6) is 0. The molecule has 0 bridgehead atoms. The van der Waals surface area contributed by atoms with Gasteiger partial charge >= 0.3 is 0 Å². The molecule has 1 aromatic carbocycles. The Balaban J connectivity index is 2.01. The van der Waals surface area contributed by atoms with Gasteiger partial charge in [0, 0.05) is 25.2 Å². The van der Waals surface area contributed by atoms with E-state index in [1.807, 2.05) is 25.1 Å². The zero-order chi connectivity index (χ0) is 14.9. The first kappa shape index (κ1) is 15.0. The molecule has 1 heterocycles. The van der Waals surface area contributed by atoms with E-state index in [0.29, 0.717) is 11.4 Å². The molecular formula is C16H24N2O2S. The molecular weight excluding hydrogens is 284 g/mol. The van der Waals surface area contributed by atoms with Crippen LogP contribution >= 0.6 is 0 Å². The Labute approximate surface area is 127 Å². The third-order valence-electron chi connectivity index (χ3n) is 4.92. The van der Waals surface area contributed by atoms with Gasteiger partial charge in [-0.25, -0.2) is 8.42 Å². The van der Waals surface area contributed by atoms with E-state index in [9.17, 15) is 8.42 Å². The molecule has 1 spiro atoms. The summed E-state index contributed by atoms with van der Waals surface area (Å²) in [5.41, 5.74) is 0.624. The van der Waals surface area contributed by atoms with Crippen LogP contribution in [0.1, 0.15) is 37.7 Å². The zero-order valence-electron chi connectivity index (χ0n) is 12.6. The molecule has 0 atom stereocenters. The maximum absolute atomic E-state index is 13.2. The summed E-state index contributed by atoms with van der Waals surface area (Å²) < 4.78 is 28.2. The fourth-order valence-corrected chi connectivity index (χ4v) is 5.85. The summed E-state index contributed by atoms with van der Waals surface area (Å²) in [5, 5.41) is 3.41. The van der Waals surface area contributed by atoms with Crippen molar-refractivity contribution in [2.75, 3.05) is 19.6 Å². The predicted octanol–water partition coefficient (Wildman–Crippen LogP) is 2.29. The number of nitrogens with one attached hydrogen (secondary N) is 1. The minimum Gasteiger partial charge on any atom is -0.314 e. The number of hydrogen-bond acceptors (Lipinski definition) is 3. The monoisotopic (exact) mass is 308 g/mol. The number of piperazine rings is 1. The summed E-state index contributed by atoms with van der Waals surface area (Å²) in [4.78, 5) is 0.469. The summed E-state index contributed by atoms with van der Waals surface area (Å²) in [7, 11) is -3.41. The second-order valence-corrected chi connectivity index (χ2v) is 8.14. The first-order valence-corrected chi connectivity index (χ1v) is 9.30. The lowest BCUT2D eigenvalue weighted by atomic mass is 9.80. The van der Waals surface area contributed by atoms with Gasteiger partial charge in [0.2, 0.25) is 10.0 Å². The first-order valence-electron chi connectivity index (χ1n) is 7.85. The van der Waals surface area contributed by atoms with Crippen LogP contribution in [-0.4, -0.2) is 37.9 Å². The van der Waals surface area contributed by atoms with Crippen molar-refractivity contribution in [3.8, 4) is 0 Å². The van der Waals surface area contributed by atoms with Gasteiger partial charge in [-0.05, 0) is 31.4 Å². The van der Waals surface area contributed by atoms with Crippen molar-refractivity contribution in [2.24, 2.45) is 0 Å². The number of benzene rings is 1. The van der Waals surface area contributed by atoms with Gasteiger partial charge in [0.15, 0.2) is 0 Å². The van der Waals surface area contributed by atoms with Crippen LogP contribution in [0.3, 0.4) is 0 Å². The molecule has 2 fully saturated rings. The number of sulfonamides is 1. The molecule has 4 nitrogen and oxygen atoms in total. The minimum absolute atomic E-state index is 0.211. The van der Waals surface area contributed by atoms with Crippen molar-refractivity contribution in [3.05, 3.63) is 29.8 Å². The molecule has 1 aliphatic carbocycles. The molecule has 21 heavy (non-hydrogen) atoms. The van der Waals surface area contributed by atoms with E-state index in [2.05, 4.69) is 5.32 Å². The Bertz CT molecular complexity index is 598. The first-order chi connectivity index (χ1) is 10.1. The smallest absolute Gasteiger partial charge is 0.243 e.